The maximum Gasteiger partial charge on any atom is 0.327 e. The average Bonchev–Trinajstić information content (AvgIpc) is 2.83. The summed E-state index contributed by atoms with van der Waals surface area (Å²) in [6.45, 7) is 1.37. The van der Waals surface area contributed by atoms with Crippen LogP contribution in [0.4, 0.5) is 5.69 Å². The van der Waals surface area contributed by atoms with Crippen molar-refractivity contribution in [1.82, 2.24) is 5.32 Å². The van der Waals surface area contributed by atoms with Crippen molar-refractivity contribution in [3.63, 3.8) is 0 Å². The zero-order valence-corrected chi connectivity index (χ0v) is 20.6. The Morgan fingerprint density at radius 3 is 2.62 bits per heavy atom. The molecule has 1 unspecified atom stereocenters. The molecule has 34 heavy (non-hydrogen) atoms. The number of piperazine rings is 1. The average molecular weight is 519 g/mol. The van der Waals surface area contributed by atoms with Gasteiger partial charge in [0.2, 0.25) is 5.91 Å². The van der Waals surface area contributed by atoms with Gasteiger partial charge < -0.3 is 29.3 Å². The summed E-state index contributed by atoms with van der Waals surface area (Å²) >= 11 is 8.11. The summed E-state index contributed by atoms with van der Waals surface area (Å²) in [6.07, 6.45) is 0. The van der Waals surface area contributed by atoms with Gasteiger partial charge in [0.25, 0.3) is 0 Å². The molecule has 3 N–H and O–H groups in total. The topological polar surface area (TPSA) is 91.3 Å². The summed E-state index contributed by atoms with van der Waals surface area (Å²) in [5.74, 6) is 0.555. The van der Waals surface area contributed by atoms with E-state index in [0.717, 1.165) is 21.1 Å². The zero-order valence-electron chi connectivity index (χ0n) is 18.1. The minimum Gasteiger partial charge on any atom is -0.489 e. The predicted octanol–water partition coefficient (Wildman–Crippen LogP) is 4.60. The molecule has 178 valence electrons. The molecular formula is C24H24ClN2O5PS. The molecule has 0 saturated carbocycles. The van der Waals surface area contributed by atoms with E-state index in [2.05, 4.69) is 5.32 Å². The van der Waals surface area contributed by atoms with Crippen molar-refractivity contribution in [2.24, 2.45) is 0 Å². The third-order valence-electron chi connectivity index (χ3n) is 5.15. The van der Waals surface area contributed by atoms with Crippen molar-refractivity contribution in [2.45, 2.75) is 22.4 Å². The molecule has 7 nitrogen and oxygen atoms in total. The van der Waals surface area contributed by atoms with Gasteiger partial charge in [-0.2, -0.15) is 0 Å². The highest BCUT2D eigenvalue weighted by atomic mass is 35.5. The SMILES string of the molecule is O=C1C(COP(O)O)NCCN1c1ccc(Sc2cccc(OCc3ccccc3)c2)cc1Cl. The molecule has 1 atom stereocenters. The van der Waals surface area contributed by atoms with E-state index in [1.807, 2.05) is 72.8 Å². The number of amides is 1. The van der Waals surface area contributed by atoms with E-state index in [9.17, 15) is 4.79 Å². The molecule has 1 aliphatic heterocycles. The number of anilines is 1. The fraction of sp³-hybridized carbons (Fsp3) is 0.208. The molecule has 3 aromatic rings. The second-order valence-electron chi connectivity index (χ2n) is 7.51. The molecule has 3 aromatic carbocycles. The maximum atomic E-state index is 12.8. The summed E-state index contributed by atoms with van der Waals surface area (Å²) in [6, 6.07) is 22.8. The van der Waals surface area contributed by atoms with Crippen molar-refractivity contribution < 1.29 is 23.8 Å². The van der Waals surface area contributed by atoms with Gasteiger partial charge in [-0.15, -0.1) is 0 Å². The lowest BCUT2D eigenvalue weighted by molar-refractivity contribution is -0.122. The Kier molecular flexibility index (Phi) is 8.80. The van der Waals surface area contributed by atoms with Crippen molar-refractivity contribution in [3.05, 3.63) is 83.4 Å². The second kappa shape index (κ2) is 12.0. The van der Waals surface area contributed by atoms with Crippen molar-refractivity contribution in [2.75, 3.05) is 24.6 Å². The number of rotatable bonds is 9. The third-order valence-corrected chi connectivity index (χ3v) is 6.81. The second-order valence-corrected chi connectivity index (χ2v) is 9.83. The van der Waals surface area contributed by atoms with Crippen LogP contribution in [-0.2, 0) is 15.9 Å². The van der Waals surface area contributed by atoms with Gasteiger partial charge >= 0.3 is 8.60 Å². The minimum atomic E-state index is -2.51. The maximum absolute atomic E-state index is 12.8. The van der Waals surface area contributed by atoms with Crippen molar-refractivity contribution in [1.29, 1.82) is 0 Å². The van der Waals surface area contributed by atoms with Crippen LogP contribution >= 0.6 is 32.0 Å². The first kappa shape index (κ1) is 24.9. The van der Waals surface area contributed by atoms with Crippen LogP contribution in [0, 0.1) is 0 Å². The Bertz CT molecular complexity index is 1120. The third kappa shape index (κ3) is 6.71. The van der Waals surface area contributed by atoms with Gasteiger partial charge in [-0.1, -0.05) is 59.8 Å². The molecule has 0 aliphatic carbocycles. The Balaban J connectivity index is 1.41. The van der Waals surface area contributed by atoms with Gasteiger partial charge in [0.05, 0.1) is 17.3 Å². The van der Waals surface area contributed by atoms with Gasteiger partial charge in [-0.25, -0.2) is 0 Å². The number of hydrogen-bond donors (Lipinski definition) is 3. The lowest BCUT2D eigenvalue weighted by Gasteiger charge is -2.33. The molecule has 4 rings (SSSR count). The van der Waals surface area contributed by atoms with Crippen LogP contribution in [0.3, 0.4) is 0 Å². The van der Waals surface area contributed by atoms with Crippen LogP contribution in [0.1, 0.15) is 5.56 Å². The number of halogens is 1. The Morgan fingerprint density at radius 2 is 1.85 bits per heavy atom. The smallest absolute Gasteiger partial charge is 0.327 e. The van der Waals surface area contributed by atoms with Gasteiger partial charge in [0.15, 0.2) is 0 Å². The van der Waals surface area contributed by atoms with Crippen LogP contribution < -0.4 is 15.0 Å². The Labute approximate surface area is 208 Å². The van der Waals surface area contributed by atoms with Crippen LogP contribution in [-0.4, -0.2) is 41.4 Å². The van der Waals surface area contributed by atoms with Crippen LogP contribution in [0.15, 0.2) is 82.6 Å². The summed E-state index contributed by atoms with van der Waals surface area (Å²) in [5, 5.41) is 3.49. The Morgan fingerprint density at radius 1 is 1.06 bits per heavy atom. The van der Waals surface area contributed by atoms with E-state index >= 15 is 0 Å². The number of ether oxygens (including phenoxy) is 1. The summed E-state index contributed by atoms with van der Waals surface area (Å²) in [7, 11) is -2.51. The molecule has 0 aromatic heterocycles. The van der Waals surface area contributed by atoms with E-state index in [1.165, 1.54) is 0 Å². The van der Waals surface area contributed by atoms with E-state index < -0.39 is 14.6 Å². The molecule has 1 heterocycles. The zero-order chi connectivity index (χ0) is 23.9. The van der Waals surface area contributed by atoms with Crippen LogP contribution in [0.25, 0.3) is 0 Å². The predicted molar refractivity (Wildman–Crippen MR) is 134 cm³/mol. The summed E-state index contributed by atoms with van der Waals surface area (Å²) in [5.41, 5.74) is 1.71. The van der Waals surface area contributed by atoms with Gasteiger partial charge in [-0.3, -0.25) is 4.79 Å². The highest BCUT2D eigenvalue weighted by Crippen LogP contribution is 2.36. The number of carbonyl (C=O) groups excluding carboxylic acids is 1. The molecule has 1 fully saturated rings. The van der Waals surface area contributed by atoms with Gasteiger partial charge in [0.1, 0.15) is 18.4 Å². The van der Waals surface area contributed by atoms with Crippen LogP contribution in [0.2, 0.25) is 5.02 Å². The first-order valence-electron chi connectivity index (χ1n) is 10.6. The van der Waals surface area contributed by atoms with Crippen molar-refractivity contribution in [3.8, 4) is 5.75 Å². The highest BCUT2D eigenvalue weighted by molar-refractivity contribution is 7.99. The van der Waals surface area contributed by atoms with Gasteiger partial charge in [0, 0.05) is 22.9 Å². The fourth-order valence-electron chi connectivity index (χ4n) is 3.52. The molecule has 1 amide bonds. The molecule has 1 aliphatic rings. The van der Waals surface area contributed by atoms with Gasteiger partial charge in [-0.05, 0) is 42.0 Å². The Hall–Kier alpha value is -2.16. The number of carbonyl (C=O) groups is 1. The minimum absolute atomic E-state index is 0.123. The first-order chi connectivity index (χ1) is 16.5. The monoisotopic (exact) mass is 518 g/mol. The normalized spacial score (nSPS) is 16.2. The quantitative estimate of drug-likeness (QED) is 0.356. The molecule has 0 spiro atoms. The molecule has 0 radical (unpaired) electrons. The van der Waals surface area contributed by atoms with E-state index in [-0.39, 0.29) is 12.5 Å². The van der Waals surface area contributed by atoms with Crippen molar-refractivity contribution >= 4 is 43.6 Å². The number of nitrogens with zero attached hydrogens (tertiary/aromatic N) is 1. The summed E-state index contributed by atoms with van der Waals surface area (Å²) in [4.78, 5) is 34.3. The molecule has 0 bridgehead atoms. The first-order valence-corrected chi connectivity index (χ1v) is 13.0. The lowest BCUT2D eigenvalue weighted by atomic mass is 10.1. The van der Waals surface area contributed by atoms with E-state index in [0.29, 0.717) is 30.4 Å². The number of nitrogens with one attached hydrogen (secondary N) is 1. The lowest BCUT2D eigenvalue weighted by Crippen LogP contribution is -2.57. The standard InChI is InChI=1S/C24H24ClN2O5PS/c25-21-14-20(9-10-23(21)27-12-11-26-22(24(27)28)16-32-33(29)30)34-19-8-4-7-18(13-19)31-15-17-5-2-1-3-6-17/h1-10,13-14,22,26,29-30H,11-12,15-16H2. The van der Waals surface area contributed by atoms with E-state index in [1.54, 1.807) is 16.7 Å². The molecule has 10 heteroatoms. The molecule has 1 saturated heterocycles. The largest absolute Gasteiger partial charge is 0.489 e. The van der Waals surface area contributed by atoms with Crippen LogP contribution in [0.5, 0.6) is 5.75 Å². The van der Waals surface area contributed by atoms with E-state index in [4.69, 9.17) is 30.6 Å². The highest BCUT2D eigenvalue weighted by Gasteiger charge is 2.31. The molecular weight excluding hydrogens is 495 g/mol. The summed E-state index contributed by atoms with van der Waals surface area (Å²) < 4.78 is 10.7. The number of benzene rings is 3. The number of hydrogen-bond acceptors (Lipinski definition) is 7. The fourth-order valence-corrected chi connectivity index (χ4v) is 5.06.